The van der Waals surface area contributed by atoms with E-state index in [0.717, 1.165) is 50.5 Å². The van der Waals surface area contributed by atoms with E-state index in [0.29, 0.717) is 12.3 Å². The molecule has 3 heterocycles. The summed E-state index contributed by atoms with van der Waals surface area (Å²) in [5.41, 5.74) is 2.81. The molecule has 1 fully saturated rings. The fourth-order valence-electron chi connectivity index (χ4n) is 2.85. The van der Waals surface area contributed by atoms with Gasteiger partial charge in [-0.25, -0.2) is 4.98 Å². The van der Waals surface area contributed by atoms with Crippen LogP contribution in [0.25, 0.3) is 0 Å². The third-order valence-electron chi connectivity index (χ3n) is 4.45. The average molecular weight is 349 g/mol. The zero-order chi connectivity index (χ0) is 16.9. The van der Waals surface area contributed by atoms with Crippen molar-refractivity contribution in [3.63, 3.8) is 0 Å². The summed E-state index contributed by atoms with van der Waals surface area (Å²) >= 11 is 1.57. The highest BCUT2D eigenvalue weighted by atomic mass is 32.1. The van der Waals surface area contributed by atoms with Crippen molar-refractivity contribution in [3.8, 4) is 0 Å². The largest absolute Gasteiger partial charge is 0.340 e. The molecule has 0 radical (unpaired) electrons. The maximum atomic E-state index is 12.3. The van der Waals surface area contributed by atoms with Gasteiger partial charge in [0.1, 0.15) is 0 Å². The zero-order valence-corrected chi connectivity index (χ0v) is 15.0. The molecule has 130 valence electrons. The number of hydrogen-bond donors (Lipinski definition) is 0. The summed E-state index contributed by atoms with van der Waals surface area (Å²) in [6, 6.07) is 0.0880. The van der Waals surface area contributed by atoms with Gasteiger partial charge in [-0.3, -0.25) is 9.69 Å². The van der Waals surface area contributed by atoms with Gasteiger partial charge in [0.25, 0.3) is 0 Å². The minimum atomic E-state index is 0.0880. The van der Waals surface area contributed by atoms with Crippen LogP contribution in [0.2, 0.25) is 0 Å². The molecule has 7 nitrogen and oxygen atoms in total. The SMILES string of the molecule is CCc1noc([C@@H](C)N2CCN(C(=O)CCc3cscn3)CC2)n1. The van der Waals surface area contributed by atoms with Crippen LogP contribution >= 0.6 is 11.3 Å². The lowest BCUT2D eigenvalue weighted by Gasteiger charge is -2.36. The van der Waals surface area contributed by atoms with Crippen LogP contribution in [0.3, 0.4) is 0 Å². The van der Waals surface area contributed by atoms with Crippen LogP contribution in [0, 0.1) is 0 Å². The van der Waals surface area contributed by atoms with Crippen molar-refractivity contribution in [1.82, 2.24) is 24.9 Å². The Balaban J connectivity index is 1.47. The third kappa shape index (κ3) is 3.99. The van der Waals surface area contributed by atoms with Crippen molar-refractivity contribution in [2.24, 2.45) is 0 Å². The highest BCUT2D eigenvalue weighted by molar-refractivity contribution is 7.07. The lowest BCUT2D eigenvalue weighted by molar-refractivity contribution is -0.133. The van der Waals surface area contributed by atoms with Crippen LogP contribution in [0.15, 0.2) is 15.4 Å². The molecule has 2 aromatic heterocycles. The molecular formula is C16H23N5O2S. The molecule has 0 unspecified atom stereocenters. The van der Waals surface area contributed by atoms with Gasteiger partial charge in [-0.15, -0.1) is 11.3 Å². The number of rotatable bonds is 6. The summed E-state index contributed by atoms with van der Waals surface area (Å²) in [7, 11) is 0. The van der Waals surface area contributed by atoms with Crippen molar-refractivity contribution >= 4 is 17.2 Å². The van der Waals surface area contributed by atoms with Gasteiger partial charge in [-0.1, -0.05) is 12.1 Å². The highest BCUT2D eigenvalue weighted by Gasteiger charge is 2.27. The number of piperazine rings is 1. The molecule has 0 bridgehead atoms. The normalized spacial score (nSPS) is 17.2. The van der Waals surface area contributed by atoms with Gasteiger partial charge in [0.05, 0.1) is 17.2 Å². The number of aromatic nitrogens is 3. The monoisotopic (exact) mass is 349 g/mol. The highest BCUT2D eigenvalue weighted by Crippen LogP contribution is 2.20. The van der Waals surface area contributed by atoms with Gasteiger partial charge in [-0.05, 0) is 13.3 Å². The minimum absolute atomic E-state index is 0.0880. The maximum Gasteiger partial charge on any atom is 0.243 e. The molecule has 1 aliphatic rings. The number of nitrogens with zero attached hydrogens (tertiary/aromatic N) is 5. The van der Waals surface area contributed by atoms with Crippen LogP contribution in [0.5, 0.6) is 0 Å². The smallest absolute Gasteiger partial charge is 0.243 e. The first kappa shape index (κ1) is 17.0. The van der Waals surface area contributed by atoms with Crippen LogP contribution in [-0.4, -0.2) is 57.0 Å². The Labute approximate surface area is 145 Å². The van der Waals surface area contributed by atoms with E-state index in [9.17, 15) is 4.79 Å². The first-order chi connectivity index (χ1) is 11.7. The molecule has 1 amide bonds. The van der Waals surface area contributed by atoms with E-state index in [1.807, 2.05) is 17.2 Å². The summed E-state index contributed by atoms with van der Waals surface area (Å²) < 4.78 is 5.34. The van der Waals surface area contributed by atoms with E-state index < -0.39 is 0 Å². The molecule has 0 N–H and O–H groups in total. The summed E-state index contributed by atoms with van der Waals surface area (Å²) in [6.07, 6.45) is 2.03. The van der Waals surface area contributed by atoms with E-state index in [1.54, 1.807) is 16.8 Å². The van der Waals surface area contributed by atoms with Gasteiger partial charge >= 0.3 is 0 Å². The standard InChI is InChI=1S/C16H23N5O2S/c1-3-14-18-16(23-19-14)12(2)20-6-8-21(9-7-20)15(22)5-4-13-10-24-11-17-13/h10-12H,3-9H2,1-2H3/t12-/m1/s1. The Morgan fingerprint density at radius 1 is 1.38 bits per heavy atom. The maximum absolute atomic E-state index is 12.3. The Bertz CT molecular complexity index is 649. The predicted molar refractivity (Wildman–Crippen MR) is 90.7 cm³/mol. The van der Waals surface area contributed by atoms with E-state index in [-0.39, 0.29) is 11.9 Å². The molecule has 1 atom stereocenters. The van der Waals surface area contributed by atoms with E-state index >= 15 is 0 Å². The van der Waals surface area contributed by atoms with Gasteiger partial charge in [-0.2, -0.15) is 4.98 Å². The number of carbonyl (C=O) groups excluding carboxylic acids is 1. The Morgan fingerprint density at radius 3 is 2.79 bits per heavy atom. The number of thiazole rings is 1. The Morgan fingerprint density at radius 2 is 2.17 bits per heavy atom. The average Bonchev–Trinajstić information content (AvgIpc) is 3.30. The second-order valence-corrected chi connectivity index (χ2v) is 6.69. The van der Waals surface area contributed by atoms with Crippen LogP contribution in [-0.2, 0) is 17.6 Å². The van der Waals surface area contributed by atoms with Gasteiger partial charge in [0.15, 0.2) is 5.82 Å². The number of aryl methyl sites for hydroxylation is 2. The second kappa shape index (κ2) is 7.85. The first-order valence-corrected chi connectivity index (χ1v) is 9.33. The van der Waals surface area contributed by atoms with Crippen LogP contribution in [0.1, 0.15) is 43.7 Å². The number of hydrogen-bond acceptors (Lipinski definition) is 7. The number of carbonyl (C=O) groups is 1. The molecular weight excluding hydrogens is 326 g/mol. The van der Waals surface area contributed by atoms with E-state index in [2.05, 4.69) is 26.9 Å². The summed E-state index contributed by atoms with van der Waals surface area (Å²) in [5.74, 6) is 1.62. The van der Waals surface area contributed by atoms with Crippen molar-refractivity contribution in [3.05, 3.63) is 28.3 Å². The lowest BCUT2D eigenvalue weighted by atomic mass is 10.2. The second-order valence-electron chi connectivity index (χ2n) is 5.97. The third-order valence-corrected chi connectivity index (χ3v) is 5.09. The summed E-state index contributed by atoms with van der Waals surface area (Å²) in [4.78, 5) is 25.2. The van der Waals surface area contributed by atoms with Crippen LogP contribution in [0.4, 0.5) is 0 Å². The first-order valence-electron chi connectivity index (χ1n) is 8.38. The molecule has 0 saturated carbocycles. The molecule has 0 spiro atoms. The molecule has 1 aliphatic heterocycles. The number of amides is 1. The molecule has 2 aromatic rings. The zero-order valence-electron chi connectivity index (χ0n) is 14.1. The van der Waals surface area contributed by atoms with Gasteiger partial charge < -0.3 is 9.42 Å². The van der Waals surface area contributed by atoms with Crippen molar-refractivity contribution in [2.45, 2.75) is 39.2 Å². The quantitative estimate of drug-likeness (QED) is 0.793. The fraction of sp³-hybridized carbons (Fsp3) is 0.625. The minimum Gasteiger partial charge on any atom is -0.340 e. The van der Waals surface area contributed by atoms with Crippen molar-refractivity contribution in [1.29, 1.82) is 0 Å². The topological polar surface area (TPSA) is 75.4 Å². The van der Waals surface area contributed by atoms with Crippen LogP contribution < -0.4 is 0 Å². The van der Waals surface area contributed by atoms with Crippen molar-refractivity contribution < 1.29 is 9.32 Å². The lowest BCUT2D eigenvalue weighted by Crippen LogP contribution is -2.49. The predicted octanol–water partition coefficient (Wildman–Crippen LogP) is 1.93. The Kier molecular flexibility index (Phi) is 5.57. The molecule has 24 heavy (non-hydrogen) atoms. The molecule has 8 heteroatoms. The fourth-order valence-corrected chi connectivity index (χ4v) is 3.44. The van der Waals surface area contributed by atoms with E-state index in [1.165, 1.54) is 0 Å². The molecule has 0 aliphatic carbocycles. The summed E-state index contributed by atoms with van der Waals surface area (Å²) in [5, 5.41) is 5.96. The Hall–Kier alpha value is -1.80. The van der Waals surface area contributed by atoms with Gasteiger partial charge in [0, 0.05) is 44.4 Å². The molecule has 1 saturated heterocycles. The van der Waals surface area contributed by atoms with Gasteiger partial charge in [0.2, 0.25) is 11.8 Å². The van der Waals surface area contributed by atoms with E-state index in [4.69, 9.17) is 4.52 Å². The van der Waals surface area contributed by atoms with Crippen molar-refractivity contribution in [2.75, 3.05) is 26.2 Å². The molecule has 3 rings (SSSR count). The summed E-state index contributed by atoms with van der Waals surface area (Å²) in [6.45, 7) is 7.23. The molecule has 0 aromatic carbocycles.